The molecule has 1 radical (unpaired) electrons. The molecule has 0 aromatic rings. The number of hydrogen-bond acceptors (Lipinski definition) is 0. The van der Waals surface area contributed by atoms with Crippen molar-refractivity contribution in [2.24, 2.45) is 0 Å². The van der Waals surface area contributed by atoms with Gasteiger partial charge in [-0.25, -0.2) is 8.78 Å². The molecule has 0 spiro atoms. The molecule has 0 aromatic heterocycles. The maximum absolute atomic E-state index is 11.3. The van der Waals surface area contributed by atoms with Gasteiger partial charge >= 0.3 is 0 Å². The van der Waals surface area contributed by atoms with Gasteiger partial charge in [0, 0.05) is 6.42 Å². The lowest BCUT2D eigenvalue weighted by Crippen LogP contribution is -1.88. The minimum atomic E-state index is -2.12. The van der Waals surface area contributed by atoms with Crippen LogP contribution in [0.25, 0.3) is 0 Å². The van der Waals surface area contributed by atoms with E-state index in [1.807, 2.05) is 0 Å². The van der Waals surface area contributed by atoms with Gasteiger partial charge < -0.3 is 0 Å². The van der Waals surface area contributed by atoms with Gasteiger partial charge in [0.2, 0.25) is 6.43 Å². The Kier molecular flexibility index (Phi) is 4.92. The van der Waals surface area contributed by atoms with Gasteiger partial charge in [-0.05, 0) is 6.42 Å². The first kappa shape index (κ1) is 7.86. The maximum atomic E-state index is 11.3. The van der Waals surface area contributed by atoms with E-state index in [1.165, 1.54) is 0 Å². The van der Waals surface area contributed by atoms with Crippen LogP contribution in [0.2, 0.25) is 0 Å². The second-order valence-corrected chi connectivity index (χ2v) is 1.74. The molecule has 0 saturated carbocycles. The molecule has 0 heterocycles. The van der Waals surface area contributed by atoms with Crippen LogP contribution < -0.4 is 0 Å². The molecule has 0 aliphatic heterocycles. The molecule has 0 N–H and O–H groups in total. The summed E-state index contributed by atoms with van der Waals surface area (Å²) in [5.41, 5.74) is 0. The lowest BCUT2D eigenvalue weighted by molar-refractivity contribution is 0.134. The zero-order chi connectivity index (χ0) is 6.41. The van der Waals surface area contributed by atoms with Crippen LogP contribution in [-0.2, 0) is 0 Å². The van der Waals surface area contributed by atoms with Crippen molar-refractivity contribution >= 4 is 0 Å². The van der Waals surface area contributed by atoms with Gasteiger partial charge in [-0.15, -0.1) is 0 Å². The van der Waals surface area contributed by atoms with Gasteiger partial charge in [0.1, 0.15) is 0 Å². The summed E-state index contributed by atoms with van der Waals surface area (Å²) in [6.45, 7) is 3.54. The summed E-state index contributed by atoms with van der Waals surface area (Å²) in [4.78, 5) is 0. The Morgan fingerprint density at radius 3 is 2.25 bits per heavy atom. The van der Waals surface area contributed by atoms with Crippen molar-refractivity contribution in [3.63, 3.8) is 0 Å². The number of rotatable bonds is 4. The van der Waals surface area contributed by atoms with Crippen LogP contribution in [0.1, 0.15) is 25.7 Å². The topological polar surface area (TPSA) is 0 Å². The second kappa shape index (κ2) is 5.01. The van der Waals surface area contributed by atoms with Crippen molar-refractivity contribution in [2.45, 2.75) is 32.1 Å². The molecular formula is C6H11F2. The van der Waals surface area contributed by atoms with Crippen molar-refractivity contribution in [2.75, 3.05) is 0 Å². The first-order chi connectivity index (χ1) is 3.77. The van der Waals surface area contributed by atoms with Crippen LogP contribution >= 0.6 is 0 Å². The van der Waals surface area contributed by atoms with Crippen LogP contribution in [0.3, 0.4) is 0 Å². The minimum absolute atomic E-state index is 0.0372. The van der Waals surface area contributed by atoms with E-state index in [0.717, 1.165) is 12.8 Å². The Labute approximate surface area is 48.9 Å². The minimum Gasteiger partial charge on any atom is -0.211 e. The molecule has 0 rings (SSSR count). The molecule has 8 heavy (non-hydrogen) atoms. The lowest BCUT2D eigenvalue weighted by Gasteiger charge is -1.94. The van der Waals surface area contributed by atoms with Crippen molar-refractivity contribution in [3.8, 4) is 0 Å². The lowest BCUT2D eigenvalue weighted by atomic mass is 10.2. The molecule has 0 atom stereocenters. The first-order valence-electron chi connectivity index (χ1n) is 2.84. The highest BCUT2D eigenvalue weighted by atomic mass is 19.3. The fraction of sp³-hybridized carbons (Fsp3) is 0.833. The van der Waals surface area contributed by atoms with Crippen LogP contribution in [0.15, 0.2) is 0 Å². The van der Waals surface area contributed by atoms with Crippen molar-refractivity contribution < 1.29 is 8.78 Å². The molecule has 0 saturated heterocycles. The molecule has 0 aromatic carbocycles. The third kappa shape index (κ3) is 5.86. The SMILES string of the molecule is [CH2]CCCCC(F)F. The van der Waals surface area contributed by atoms with E-state index in [9.17, 15) is 8.78 Å². The molecule has 49 valence electrons. The molecule has 0 bridgehead atoms. The Morgan fingerprint density at radius 2 is 1.88 bits per heavy atom. The summed E-state index contributed by atoms with van der Waals surface area (Å²) < 4.78 is 22.7. The van der Waals surface area contributed by atoms with E-state index in [-0.39, 0.29) is 6.42 Å². The number of alkyl halides is 2. The fourth-order valence-corrected chi connectivity index (χ4v) is 0.475. The van der Waals surface area contributed by atoms with E-state index in [0.29, 0.717) is 6.42 Å². The van der Waals surface area contributed by atoms with E-state index < -0.39 is 6.43 Å². The van der Waals surface area contributed by atoms with Crippen molar-refractivity contribution in [1.82, 2.24) is 0 Å². The van der Waals surface area contributed by atoms with Crippen LogP contribution in [-0.4, -0.2) is 6.43 Å². The van der Waals surface area contributed by atoms with E-state index in [1.54, 1.807) is 0 Å². The van der Waals surface area contributed by atoms with Gasteiger partial charge in [0.25, 0.3) is 0 Å². The van der Waals surface area contributed by atoms with E-state index >= 15 is 0 Å². The predicted octanol–water partition coefficient (Wildman–Crippen LogP) is 2.65. The highest BCUT2D eigenvalue weighted by Crippen LogP contribution is 2.06. The summed E-state index contributed by atoms with van der Waals surface area (Å²) in [7, 11) is 0. The standard InChI is InChI=1S/C6H11F2/c1-2-3-4-5-6(7)8/h6H,1-5H2. The quantitative estimate of drug-likeness (QED) is 0.501. The number of halogens is 2. The summed E-state index contributed by atoms with van der Waals surface area (Å²) in [6, 6.07) is 0. The zero-order valence-electron chi connectivity index (χ0n) is 4.87. The predicted molar refractivity (Wildman–Crippen MR) is 29.8 cm³/mol. The average molecular weight is 121 g/mol. The molecular weight excluding hydrogens is 110 g/mol. The van der Waals surface area contributed by atoms with Crippen molar-refractivity contribution in [3.05, 3.63) is 6.92 Å². The van der Waals surface area contributed by atoms with Gasteiger partial charge in [0.15, 0.2) is 0 Å². The van der Waals surface area contributed by atoms with Gasteiger partial charge in [-0.2, -0.15) is 0 Å². The normalized spacial score (nSPS) is 10.5. The largest absolute Gasteiger partial charge is 0.238 e. The summed E-state index contributed by atoms with van der Waals surface area (Å²) in [6.07, 6.45) is 0.120. The van der Waals surface area contributed by atoms with E-state index in [2.05, 4.69) is 6.92 Å². The Morgan fingerprint density at radius 1 is 1.25 bits per heavy atom. The van der Waals surface area contributed by atoms with Gasteiger partial charge in [-0.3, -0.25) is 0 Å². The summed E-state index contributed by atoms with van der Waals surface area (Å²) >= 11 is 0. The summed E-state index contributed by atoms with van der Waals surface area (Å²) in [5, 5.41) is 0. The maximum Gasteiger partial charge on any atom is 0.238 e. The number of hydrogen-bond donors (Lipinski definition) is 0. The van der Waals surface area contributed by atoms with Crippen molar-refractivity contribution in [1.29, 1.82) is 0 Å². The Bertz CT molecular complexity index is 43.8. The molecule has 0 nitrogen and oxygen atoms in total. The molecule has 0 fully saturated rings. The Hall–Kier alpha value is -0.140. The fourth-order valence-electron chi connectivity index (χ4n) is 0.475. The highest BCUT2D eigenvalue weighted by Gasteiger charge is 1.98. The van der Waals surface area contributed by atoms with Gasteiger partial charge in [-0.1, -0.05) is 19.8 Å². The summed E-state index contributed by atoms with van der Waals surface area (Å²) in [5.74, 6) is 0. The second-order valence-electron chi connectivity index (χ2n) is 1.74. The Balaban J connectivity index is 2.72. The number of unbranched alkanes of at least 4 members (excludes halogenated alkanes) is 2. The van der Waals surface area contributed by atoms with Gasteiger partial charge in [0.05, 0.1) is 0 Å². The first-order valence-corrected chi connectivity index (χ1v) is 2.84. The van der Waals surface area contributed by atoms with Crippen LogP contribution in [0, 0.1) is 6.92 Å². The average Bonchev–Trinajstić information content (AvgIpc) is 1.66. The van der Waals surface area contributed by atoms with Crippen LogP contribution in [0.4, 0.5) is 8.78 Å². The highest BCUT2D eigenvalue weighted by molar-refractivity contribution is 4.44. The molecule has 0 amide bonds. The molecule has 0 unspecified atom stereocenters. The third-order valence-corrected chi connectivity index (χ3v) is 0.922. The van der Waals surface area contributed by atoms with E-state index in [4.69, 9.17) is 0 Å². The molecule has 2 heteroatoms. The molecule has 0 aliphatic rings. The van der Waals surface area contributed by atoms with Crippen LogP contribution in [0.5, 0.6) is 0 Å². The molecule has 0 aliphatic carbocycles. The third-order valence-electron chi connectivity index (χ3n) is 0.922. The smallest absolute Gasteiger partial charge is 0.211 e. The monoisotopic (exact) mass is 121 g/mol. The zero-order valence-corrected chi connectivity index (χ0v) is 4.87.